The molecule has 0 unspecified atom stereocenters. The normalized spacial score (nSPS) is 11.3. The van der Waals surface area contributed by atoms with E-state index in [1.807, 2.05) is 19.1 Å². The number of nitrogens with one attached hydrogen (secondary N) is 2. The molecule has 0 bridgehead atoms. The molecule has 8 nitrogen and oxygen atoms in total. The van der Waals surface area contributed by atoms with E-state index in [0.717, 1.165) is 11.6 Å². The summed E-state index contributed by atoms with van der Waals surface area (Å²) < 4.78 is 5.11. The third-order valence-electron chi connectivity index (χ3n) is 3.67. The van der Waals surface area contributed by atoms with Crippen molar-refractivity contribution in [3.05, 3.63) is 63.7 Å². The highest BCUT2D eigenvalue weighted by Gasteiger charge is 2.22. The van der Waals surface area contributed by atoms with Gasteiger partial charge in [0.05, 0.1) is 10.5 Å². The van der Waals surface area contributed by atoms with E-state index in [4.69, 9.17) is 4.74 Å². The molecule has 2 aromatic carbocycles. The number of amides is 1. The molecule has 2 rings (SSSR count). The second kappa shape index (κ2) is 8.11. The fourth-order valence-corrected chi connectivity index (χ4v) is 2.18. The van der Waals surface area contributed by atoms with Gasteiger partial charge in [-0.05, 0) is 38.1 Å². The molecule has 136 valence electrons. The summed E-state index contributed by atoms with van der Waals surface area (Å²) in [5.41, 5.74) is 1.65. The van der Waals surface area contributed by atoms with E-state index in [0.29, 0.717) is 5.69 Å². The molecule has 1 atom stereocenters. The van der Waals surface area contributed by atoms with Crippen LogP contribution in [0.1, 0.15) is 22.8 Å². The van der Waals surface area contributed by atoms with Crippen molar-refractivity contribution < 1.29 is 19.2 Å². The summed E-state index contributed by atoms with van der Waals surface area (Å²) >= 11 is 0. The predicted molar refractivity (Wildman–Crippen MR) is 97.3 cm³/mol. The van der Waals surface area contributed by atoms with Crippen LogP contribution < -0.4 is 10.6 Å². The number of aryl methyl sites for hydroxylation is 1. The lowest BCUT2D eigenvalue weighted by atomic mass is 10.1. The summed E-state index contributed by atoms with van der Waals surface area (Å²) in [5, 5.41) is 16.4. The molecular formula is C18H19N3O5. The Morgan fingerprint density at radius 2 is 1.81 bits per heavy atom. The minimum absolute atomic E-state index is 0.00862. The van der Waals surface area contributed by atoms with Gasteiger partial charge in [0.1, 0.15) is 5.69 Å². The molecule has 0 heterocycles. The third kappa shape index (κ3) is 4.56. The Morgan fingerprint density at radius 1 is 1.15 bits per heavy atom. The number of nitrogens with zero attached hydrogens (tertiary/aromatic N) is 1. The van der Waals surface area contributed by atoms with Gasteiger partial charge in [0.15, 0.2) is 6.10 Å². The van der Waals surface area contributed by atoms with Crippen molar-refractivity contribution in [3.8, 4) is 0 Å². The number of nitro benzene ring substituents is 1. The second-order valence-electron chi connectivity index (χ2n) is 5.64. The van der Waals surface area contributed by atoms with Gasteiger partial charge in [-0.3, -0.25) is 14.9 Å². The molecule has 2 aromatic rings. The summed E-state index contributed by atoms with van der Waals surface area (Å²) in [7, 11) is 1.54. The zero-order valence-electron chi connectivity index (χ0n) is 14.6. The predicted octanol–water partition coefficient (Wildman–Crippen LogP) is 3.13. The quantitative estimate of drug-likeness (QED) is 0.467. The number of nitro groups is 1. The lowest BCUT2D eigenvalue weighted by Crippen LogP contribution is -2.30. The first-order valence-electron chi connectivity index (χ1n) is 7.86. The number of anilines is 2. The molecule has 0 saturated carbocycles. The van der Waals surface area contributed by atoms with Crippen molar-refractivity contribution >= 4 is 28.9 Å². The first-order valence-corrected chi connectivity index (χ1v) is 7.86. The third-order valence-corrected chi connectivity index (χ3v) is 3.67. The van der Waals surface area contributed by atoms with Gasteiger partial charge in [-0.25, -0.2) is 4.79 Å². The molecule has 8 heteroatoms. The van der Waals surface area contributed by atoms with Crippen LogP contribution in [0.25, 0.3) is 0 Å². The summed E-state index contributed by atoms with van der Waals surface area (Å²) in [6, 6.07) is 11.1. The van der Waals surface area contributed by atoms with Crippen LogP contribution in [0, 0.1) is 17.0 Å². The number of hydrogen-bond acceptors (Lipinski definition) is 6. The molecule has 26 heavy (non-hydrogen) atoms. The maximum absolute atomic E-state index is 12.2. The molecule has 0 aliphatic carbocycles. The Balaban J connectivity index is 2.06. The average molecular weight is 357 g/mol. The highest BCUT2D eigenvalue weighted by molar-refractivity contribution is 5.97. The highest BCUT2D eigenvalue weighted by Crippen LogP contribution is 2.25. The van der Waals surface area contributed by atoms with Gasteiger partial charge in [-0.1, -0.05) is 17.7 Å². The van der Waals surface area contributed by atoms with E-state index in [2.05, 4.69) is 10.6 Å². The fourth-order valence-electron chi connectivity index (χ4n) is 2.18. The number of benzene rings is 2. The van der Waals surface area contributed by atoms with Crippen molar-refractivity contribution in [1.82, 2.24) is 0 Å². The maximum atomic E-state index is 12.2. The van der Waals surface area contributed by atoms with Crippen LogP contribution in [0.5, 0.6) is 0 Å². The van der Waals surface area contributed by atoms with Gasteiger partial charge >= 0.3 is 5.97 Å². The highest BCUT2D eigenvalue weighted by atomic mass is 16.6. The Morgan fingerprint density at radius 3 is 2.38 bits per heavy atom. The molecule has 0 spiro atoms. The number of ether oxygens (including phenoxy) is 1. The van der Waals surface area contributed by atoms with Crippen LogP contribution in [0.3, 0.4) is 0 Å². The minimum Gasteiger partial charge on any atom is -0.449 e. The van der Waals surface area contributed by atoms with Crippen LogP contribution in [0.4, 0.5) is 17.1 Å². The molecule has 0 aliphatic rings. The maximum Gasteiger partial charge on any atom is 0.339 e. The Hall–Kier alpha value is -3.42. The number of esters is 1. The molecule has 0 radical (unpaired) electrons. The van der Waals surface area contributed by atoms with Gasteiger partial charge in [0, 0.05) is 18.8 Å². The molecular weight excluding hydrogens is 338 g/mol. The molecule has 0 aromatic heterocycles. The SMILES string of the molecule is CNc1ccc(C(=O)O[C@@H](C)C(=O)Nc2ccc(C)cc2)cc1[N+](=O)[O-]. The number of carbonyl (C=O) groups is 2. The first-order chi connectivity index (χ1) is 12.3. The second-order valence-corrected chi connectivity index (χ2v) is 5.64. The first kappa shape index (κ1) is 18.9. The van der Waals surface area contributed by atoms with Gasteiger partial charge in [-0.2, -0.15) is 0 Å². The smallest absolute Gasteiger partial charge is 0.339 e. The van der Waals surface area contributed by atoms with Crippen molar-refractivity contribution in [1.29, 1.82) is 0 Å². The van der Waals surface area contributed by atoms with E-state index in [1.54, 1.807) is 12.1 Å². The average Bonchev–Trinajstić information content (AvgIpc) is 2.62. The van der Waals surface area contributed by atoms with Crippen molar-refractivity contribution in [2.45, 2.75) is 20.0 Å². The van der Waals surface area contributed by atoms with Gasteiger partial charge in [-0.15, -0.1) is 0 Å². The topological polar surface area (TPSA) is 111 Å². The van der Waals surface area contributed by atoms with E-state index < -0.39 is 22.9 Å². The van der Waals surface area contributed by atoms with E-state index >= 15 is 0 Å². The van der Waals surface area contributed by atoms with Crippen LogP contribution >= 0.6 is 0 Å². The molecule has 0 fully saturated rings. The lowest BCUT2D eigenvalue weighted by Gasteiger charge is -2.14. The van der Waals surface area contributed by atoms with Gasteiger partial charge in [0.2, 0.25) is 0 Å². The van der Waals surface area contributed by atoms with Gasteiger partial charge in [0.25, 0.3) is 11.6 Å². The van der Waals surface area contributed by atoms with Crippen LogP contribution in [-0.2, 0) is 9.53 Å². The van der Waals surface area contributed by atoms with Crippen LogP contribution in [0.15, 0.2) is 42.5 Å². The molecule has 2 N–H and O–H groups in total. The van der Waals surface area contributed by atoms with E-state index in [-0.39, 0.29) is 16.9 Å². The zero-order valence-corrected chi connectivity index (χ0v) is 14.6. The molecule has 1 amide bonds. The molecule has 0 aliphatic heterocycles. The summed E-state index contributed by atoms with van der Waals surface area (Å²) in [6.07, 6.45) is -1.06. The number of rotatable bonds is 6. The summed E-state index contributed by atoms with van der Waals surface area (Å²) in [5.74, 6) is -1.31. The number of hydrogen-bond donors (Lipinski definition) is 2. The fraction of sp³-hybridized carbons (Fsp3) is 0.222. The molecule has 0 saturated heterocycles. The van der Waals surface area contributed by atoms with Crippen LogP contribution in [-0.4, -0.2) is 30.0 Å². The van der Waals surface area contributed by atoms with Crippen molar-refractivity contribution in [2.75, 3.05) is 17.7 Å². The van der Waals surface area contributed by atoms with Crippen LogP contribution in [0.2, 0.25) is 0 Å². The lowest BCUT2D eigenvalue weighted by molar-refractivity contribution is -0.384. The van der Waals surface area contributed by atoms with Crippen molar-refractivity contribution in [2.24, 2.45) is 0 Å². The largest absolute Gasteiger partial charge is 0.449 e. The van der Waals surface area contributed by atoms with Crippen molar-refractivity contribution in [3.63, 3.8) is 0 Å². The monoisotopic (exact) mass is 357 g/mol. The summed E-state index contributed by atoms with van der Waals surface area (Å²) in [6.45, 7) is 3.35. The Labute approximate surface area is 150 Å². The zero-order chi connectivity index (χ0) is 19.3. The minimum atomic E-state index is -1.06. The van der Waals surface area contributed by atoms with E-state index in [9.17, 15) is 19.7 Å². The Kier molecular flexibility index (Phi) is 5.90. The number of carbonyl (C=O) groups excluding carboxylic acids is 2. The van der Waals surface area contributed by atoms with E-state index in [1.165, 1.54) is 26.1 Å². The van der Waals surface area contributed by atoms with Gasteiger partial charge < -0.3 is 15.4 Å². The Bertz CT molecular complexity index is 833. The standard InChI is InChI=1S/C18H19N3O5/c1-11-4-7-14(8-5-11)20-17(22)12(2)26-18(23)13-6-9-15(19-3)16(10-13)21(24)25/h4-10,12,19H,1-3H3,(H,20,22)/t12-/m0/s1. The summed E-state index contributed by atoms with van der Waals surface area (Å²) in [4.78, 5) is 34.8.